The number of anilines is 1. The average Bonchev–Trinajstić information content (AvgIpc) is 2.70. The number of nitrogens with one attached hydrogen (secondary N) is 1. The number of halogens is 1. The van der Waals surface area contributed by atoms with E-state index in [-0.39, 0.29) is 11.9 Å². The topological polar surface area (TPSA) is 35.6 Å². The summed E-state index contributed by atoms with van der Waals surface area (Å²) in [6.07, 6.45) is 1.07. The highest BCUT2D eigenvalue weighted by molar-refractivity contribution is 6.31. The van der Waals surface area contributed by atoms with Gasteiger partial charge in [-0.05, 0) is 43.5 Å². The molecule has 144 valence electrons. The van der Waals surface area contributed by atoms with Gasteiger partial charge in [0.05, 0.1) is 6.04 Å². The maximum Gasteiger partial charge on any atom is 0.241 e. The monoisotopic (exact) mass is 385 g/mol. The van der Waals surface area contributed by atoms with Crippen molar-refractivity contribution in [3.8, 4) is 0 Å². The molecule has 0 bridgehead atoms. The smallest absolute Gasteiger partial charge is 0.241 e. The molecule has 1 aliphatic heterocycles. The van der Waals surface area contributed by atoms with Gasteiger partial charge in [0.1, 0.15) is 0 Å². The quantitative estimate of drug-likeness (QED) is 0.820. The van der Waals surface area contributed by atoms with Crippen LogP contribution < -0.4 is 5.32 Å². The fourth-order valence-electron chi connectivity index (χ4n) is 3.44. The van der Waals surface area contributed by atoms with Crippen molar-refractivity contribution in [2.24, 2.45) is 0 Å². The minimum absolute atomic E-state index is 0.0260. The van der Waals surface area contributed by atoms with Crippen LogP contribution in [0, 0.1) is 6.92 Å². The SMILES string of the molecule is Cc1ccc(Cl)cc1NC(=O)[C@H](C)N1CCN(CCc2ccccc2)CC1. The van der Waals surface area contributed by atoms with E-state index >= 15 is 0 Å². The molecule has 3 rings (SSSR count). The summed E-state index contributed by atoms with van der Waals surface area (Å²) in [5.74, 6) is 0.0260. The van der Waals surface area contributed by atoms with Crippen molar-refractivity contribution < 1.29 is 4.79 Å². The molecule has 27 heavy (non-hydrogen) atoms. The van der Waals surface area contributed by atoms with Gasteiger partial charge < -0.3 is 10.2 Å². The fraction of sp³-hybridized carbons (Fsp3) is 0.409. The van der Waals surface area contributed by atoms with Gasteiger partial charge in [-0.1, -0.05) is 48.0 Å². The number of rotatable bonds is 6. The predicted molar refractivity (Wildman–Crippen MR) is 112 cm³/mol. The van der Waals surface area contributed by atoms with E-state index in [2.05, 4.69) is 45.4 Å². The molecule has 1 aliphatic rings. The number of benzene rings is 2. The maximum absolute atomic E-state index is 12.7. The van der Waals surface area contributed by atoms with Crippen LogP contribution in [0.2, 0.25) is 5.02 Å². The Morgan fingerprint density at radius 3 is 2.52 bits per heavy atom. The zero-order valence-electron chi connectivity index (χ0n) is 16.1. The average molecular weight is 386 g/mol. The number of piperazine rings is 1. The third-order valence-electron chi connectivity index (χ3n) is 5.35. The van der Waals surface area contributed by atoms with Crippen molar-refractivity contribution in [2.75, 3.05) is 38.0 Å². The summed E-state index contributed by atoms with van der Waals surface area (Å²) in [5.41, 5.74) is 3.19. The second-order valence-corrected chi connectivity index (χ2v) is 7.67. The molecule has 0 unspecified atom stereocenters. The highest BCUT2D eigenvalue weighted by Gasteiger charge is 2.25. The molecule has 5 heteroatoms. The number of nitrogens with zero attached hydrogens (tertiary/aromatic N) is 2. The summed E-state index contributed by atoms with van der Waals surface area (Å²) in [6.45, 7) is 8.86. The van der Waals surface area contributed by atoms with Crippen molar-refractivity contribution in [3.05, 3.63) is 64.7 Å². The number of carbonyl (C=O) groups excluding carboxylic acids is 1. The van der Waals surface area contributed by atoms with Crippen LogP contribution in [0.5, 0.6) is 0 Å². The minimum Gasteiger partial charge on any atom is -0.324 e. The third kappa shape index (κ3) is 5.55. The lowest BCUT2D eigenvalue weighted by atomic mass is 10.1. The minimum atomic E-state index is -0.153. The lowest BCUT2D eigenvalue weighted by molar-refractivity contribution is -0.121. The molecule has 0 spiro atoms. The lowest BCUT2D eigenvalue weighted by Gasteiger charge is -2.37. The van der Waals surface area contributed by atoms with E-state index in [4.69, 9.17) is 11.6 Å². The van der Waals surface area contributed by atoms with E-state index in [1.807, 2.05) is 32.0 Å². The van der Waals surface area contributed by atoms with Crippen LogP contribution in [0.4, 0.5) is 5.69 Å². The van der Waals surface area contributed by atoms with Crippen molar-refractivity contribution in [1.29, 1.82) is 0 Å². The first-order chi connectivity index (χ1) is 13.0. The molecule has 1 saturated heterocycles. The molecular formula is C22H28ClN3O. The van der Waals surface area contributed by atoms with Gasteiger partial charge in [0, 0.05) is 43.4 Å². The maximum atomic E-state index is 12.7. The Morgan fingerprint density at radius 1 is 1.11 bits per heavy atom. The zero-order valence-corrected chi connectivity index (χ0v) is 16.9. The van der Waals surface area contributed by atoms with Crippen molar-refractivity contribution in [1.82, 2.24) is 9.80 Å². The fourth-order valence-corrected chi connectivity index (χ4v) is 3.61. The Labute approximate surface area is 167 Å². The van der Waals surface area contributed by atoms with E-state index < -0.39 is 0 Å². The molecule has 1 N–H and O–H groups in total. The highest BCUT2D eigenvalue weighted by atomic mass is 35.5. The molecule has 1 heterocycles. The van der Waals surface area contributed by atoms with Gasteiger partial charge in [-0.25, -0.2) is 0 Å². The van der Waals surface area contributed by atoms with Crippen molar-refractivity contribution in [3.63, 3.8) is 0 Å². The molecule has 0 radical (unpaired) electrons. The Bertz CT molecular complexity index is 757. The van der Waals surface area contributed by atoms with E-state index in [9.17, 15) is 4.79 Å². The van der Waals surface area contributed by atoms with Gasteiger partial charge in [-0.15, -0.1) is 0 Å². The lowest BCUT2D eigenvalue weighted by Crippen LogP contribution is -2.53. The van der Waals surface area contributed by atoms with E-state index in [1.54, 1.807) is 0 Å². The highest BCUT2D eigenvalue weighted by Crippen LogP contribution is 2.21. The summed E-state index contributed by atoms with van der Waals surface area (Å²) in [5, 5.41) is 3.66. The third-order valence-corrected chi connectivity index (χ3v) is 5.59. The van der Waals surface area contributed by atoms with Crippen LogP contribution in [0.3, 0.4) is 0 Å². The molecule has 4 nitrogen and oxygen atoms in total. The number of aryl methyl sites for hydroxylation is 1. The predicted octanol–water partition coefficient (Wildman–Crippen LogP) is 3.84. The first-order valence-electron chi connectivity index (χ1n) is 9.60. The molecule has 2 aromatic rings. The number of hydrogen-bond donors (Lipinski definition) is 1. The summed E-state index contributed by atoms with van der Waals surface area (Å²) in [4.78, 5) is 17.4. The van der Waals surface area contributed by atoms with Crippen LogP contribution in [0.1, 0.15) is 18.1 Å². The Hall–Kier alpha value is -1.88. The molecule has 1 amide bonds. The first-order valence-corrected chi connectivity index (χ1v) is 9.98. The first kappa shape index (κ1) is 19.9. The summed E-state index contributed by atoms with van der Waals surface area (Å²) in [7, 11) is 0. The normalized spacial score (nSPS) is 16.9. The second kappa shape index (κ2) is 9.36. The summed E-state index contributed by atoms with van der Waals surface area (Å²) in [6, 6.07) is 16.0. The molecule has 0 saturated carbocycles. The Balaban J connectivity index is 1.47. The molecule has 1 atom stereocenters. The van der Waals surface area contributed by atoms with Gasteiger partial charge in [0.25, 0.3) is 0 Å². The van der Waals surface area contributed by atoms with Gasteiger partial charge >= 0.3 is 0 Å². The van der Waals surface area contributed by atoms with E-state index in [0.717, 1.165) is 50.4 Å². The molecule has 2 aromatic carbocycles. The Kier molecular flexibility index (Phi) is 6.89. The van der Waals surface area contributed by atoms with Crippen LogP contribution in [-0.4, -0.2) is 54.5 Å². The Morgan fingerprint density at radius 2 is 1.81 bits per heavy atom. The molecular weight excluding hydrogens is 358 g/mol. The van der Waals surface area contributed by atoms with Gasteiger partial charge in [0.15, 0.2) is 0 Å². The standard InChI is InChI=1S/C22H28ClN3O/c1-17-8-9-20(23)16-21(17)24-22(27)18(2)26-14-12-25(13-15-26)11-10-19-6-4-3-5-7-19/h3-9,16,18H,10-15H2,1-2H3,(H,24,27)/t18-/m0/s1. The van der Waals surface area contributed by atoms with Crippen LogP contribution >= 0.6 is 11.6 Å². The van der Waals surface area contributed by atoms with Crippen molar-refractivity contribution in [2.45, 2.75) is 26.3 Å². The van der Waals surface area contributed by atoms with E-state index in [0.29, 0.717) is 5.02 Å². The van der Waals surface area contributed by atoms with Crippen molar-refractivity contribution >= 4 is 23.2 Å². The molecule has 1 fully saturated rings. The van der Waals surface area contributed by atoms with Crippen LogP contribution in [0.25, 0.3) is 0 Å². The van der Waals surface area contributed by atoms with Crippen LogP contribution in [0.15, 0.2) is 48.5 Å². The van der Waals surface area contributed by atoms with Gasteiger partial charge in [0.2, 0.25) is 5.91 Å². The van der Waals surface area contributed by atoms with Crippen LogP contribution in [-0.2, 0) is 11.2 Å². The summed E-state index contributed by atoms with van der Waals surface area (Å²) >= 11 is 6.05. The summed E-state index contributed by atoms with van der Waals surface area (Å²) < 4.78 is 0. The largest absolute Gasteiger partial charge is 0.324 e. The van der Waals surface area contributed by atoms with E-state index in [1.165, 1.54) is 5.56 Å². The zero-order chi connectivity index (χ0) is 19.2. The van der Waals surface area contributed by atoms with Gasteiger partial charge in [-0.3, -0.25) is 9.69 Å². The second-order valence-electron chi connectivity index (χ2n) is 7.24. The number of amides is 1. The number of hydrogen-bond acceptors (Lipinski definition) is 3. The molecule has 0 aliphatic carbocycles. The number of carbonyl (C=O) groups is 1. The molecule has 0 aromatic heterocycles. The van der Waals surface area contributed by atoms with Gasteiger partial charge in [-0.2, -0.15) is 0 Å².